The van der Waals surface area contributed by atoms with E-state index in [1.54, 1.807) is 6.08 Å². The van der Waals surface area contributed by atoms with Gasteiger partial charge < -0.3 is 5.11 Å². The van der Waals surface area contributed by atoms with E-state index in [1.807, 2.05) is 13.8 Å². The van der Waals surface area contributed by atoms with Gasteiger partial charge in [0.15, 0.2) is 0 Å². The molecule has 0 aliphatic heterocycles. The van der Waals surface area contributed by atoms with Crippen molar-refractivity contribution in [2.75, 3.05) is 0 Å². The first-order valence-corrected chi connectivity index (χ1v) is 3.33. The Bertz CT molecular complexity index is 193. The van der Waals surface area contributed by atoms with E-state index in [0.29, 0.717) is 0 Å². The fraction of sp³-hybridized carbons (Fsp3) is 0.625. The maximum Gasteiger partial charge on any atom is 0.314 e. The van der Waals surface area contributed by atoms with Crippen molar-refractivity contribution in [3.8, 4) is 0 Å². The first-order valence-electron chi connectivity index (χ1n) is 3.33. The average Bonchev–Trinajstić information content (AvgIpc) is 2.35. The summed E-state index contributed by atoms with van der Waals surface area (Å²) < 4.78 is 0. The van der Waals surface area contributed by atoms with Crippen LogP contribution in [0, 0.1) is 10.8 Å². The molecule has 0 aromatic heterocycles. The monoisotopic (exact) mass is 140 g/mol. The van der Waals surface area contributed by atoms with Crippen molar-refractivity contribution < 1.29 is 9.90 Å². The highest BCUT2D eigenvalue weighted by Crippen LogP contribution is 2.64. The van der Waals surface area contributed by atoms with Gasteiger partial charge in [0.1, 0.15) is 0 Å². The summed E-state index contributed by atoms with van der Waals surface area (Å²) in [5.74, 6) is -0.743. The molecule has 0 heterocycles. The summed E-state index contributed by atoms with van der Waals surface area (Å²) in [6, 6.07) is 0. The Kier molecular flexibility index (Phi) is 1.19. The van der Waals surface area contributed by atoms with Gasteiger partial charge in [-0.3, -0.25) is 4.79 Å². The van der Waals surface area contributed by atoms with Gasteiger partial charge in [0.05, 0.1) is 5.41 Å². The van der Waals surface area contributed by atoms with Crippen LogP contribution in [0.3, 0.4) is 0 Å². The predicted octanol–water partition coefficient (Wildman–Crippen LogP) is 1.67. The van der Waals surface area contributed by atoms with Gasteiger partial charge >= 0.3 is 5.97 Å². The molecule has 1 fully saturated rings. The summed E-state index contributed by atoms with van der Waals surface area (Å²) >= 11 is 0. The van der Waals surface area contributed by atoms with Gasteiger partial charge in [0.25, 0.3) is 0 Å². The van der Waals surface area contributed by atoms with E-state index in [9.17, 15) is 4.79 Å². The van der Waals surface area contributed by atoms with Gasteiger partial charge in [0, 0.05) is 0 Å². The lowest BCUT2D eigenvalue weighted by Crippen LogP contribution is -2.17. The molecule has 1 aliphatic carbocycles. The normalized spacial score (nSPS) is 35.0. The van der Waals surface area contributed by atoms with Gasteiger partial charge in [-0.1, -0.05) is 19.9 Å². The van der Waals surface area contributed by atoms with Crippen LogP contribution in [-0.2, 0) is 4.79 Å². The Labute approximate surface area is 60.6 Å². The van der Waals surface area contributed by atoms with E-state index in [4.69, 9.17) is 5.11 Å². The molecule has 1 aliphatic rings. The van der Waals surface area contributed by atoms with Crippen LogP contribution in [0.15, 0.2) is 12.7 Å². The molecular weight excluding hydrogens is 128 g/mol. The maximum absolute atomic E-state index is 10.7. The smallest absolute Gasteiger partial charge is 0.314 e. The Morgan fingerprint density at radius 3 is 2.10 bits per heavy atom. The van der Waals surface area contributed by atoms with Crippen molar-refractivity contribution in [3.63, 3.8) is 0 Å². The Hall–Kier alpha value is -0.790. The predicted molar refractivity (Wildman–Crippen MR) is 38.7 cm³/mol. The topological polar surface area (TPSA) is 37.3 Å². The highest BCUT2D eigenvalue weighted by molar-refractivity contribution is 5.82. The zero-order valence-electron chi connectivity index (χ0n) is 6.35. The summed E-state index contributed by atoms with van der Waals surface area (Å²) in [7, 11) is 0. The number of carboxylic acid groups (broad SMARTS) is 1. The highest BCUT2D eigenvalue weighted by atomic mass is 16.4. The largest absolute Gasteiger partial charge is 0.481 e. The Morgan fingerprint density at radius 2 is 2.10 bits per heavy atom. The zero-order chi connectivity index (χ0) is 7.99. The number of hydrogen-bond acceptors (Lipinski definition) is 1. The van der Waals surface area contributed by atoms with Crippen LogP contribution in [0.1, 0.15) is 20.3 Å². The van der Waals surface area contributed by atoms with Gasteiger partial charge in [-0.15, -0.1) is 6.58 Å². The van der Waals surface area contributed by atoms with Gasteiger partial charge in [-0.05, 0) is 11.8 Å². The first kappa shape index (κ1) is 7.32. The number of aliphatic carboxylic acids is 1. The van der Waals surface area contributed by atoms with Gasteiger partial charge in [0.2, 0.25) is 0 Å². The molecule has 56 valence electrons. The second kappa shape index (κ2) is 1.62. The molecule has 0 radical (unpaired) electrons. The first-order chi connectivity index (χ1) is 4.46. The lowest BCUT2D eigenvalue weighted by Gasteiger charge is -2.08. The van der Waals surface area contributed by atoms with Crippen molar-refractivity contribution in [1.82, 2.24) is 0 Å². The minimum absolute atomic E-state index is 0.0828. The molecule has 0 aromatic carbocycles. The van der Waals surface area contributed by atoms with Crippen LogP contribution in [0.5, 0.6) is 0 Å². The van der Waals surface area contributed by atoms with E-state index >= 15 is 0 Å². The third-order valence-electron chi connectivity index (χ3n) is 2.53. The lowest BCUT2D eigenvalue weighted by molar-refractivity contribution is -0.142. The molecule has 1 rings (SSSR count). The number of hydrogen-bond donors (Lipinski definition) is 1. The van der Waals surface area contributed by atoms with Crippen molar-refractivity contribution in [3.05, 3.63) is 12.7 Å². The maximum atomic E-state index is 10.7. The summed E-state index contributed by atoms with van der Waals surface area (Å²) in [4.78, 5) is 10.7. The minimum Gasteiger partial charge on any atom is -0.481 e. The van der Waals surface area contributed by atoms with Crippen LogP contribution >= 0.6 is 0 Å². The molecule has 0 aromatic rings. The molecule has 0 amide bonds. The quantitative estimate of drug-likeness (QED) is 0.592. The summed E-state index contributed by atoms with van der Waals surface area (Å²) in [6.07, 6.45) is 2.27. The van der Waals surface area contributed by atoms with Crippen molar-refractivity contribution >= 4 is 5.97 Å². The third-order valence-corrected chi connectivity index (χ3v) is 2.53. The average molecular weight is 140 g/mol. The lowest BCUT2D eigenvalue weighted by atomic mass is 9.96. The van der Waals surface area contributed by atoms with E-state index in [1.165, 1.54) is 0 Å². The minimum atomic E-state index is -0.743. The van der Waals surface area contributed by atoms with Crippen LogP contribution < -0.4 is 0 Å². The number of carboxylic acids is 1. The summed E-state index contributed by atoms with van der Waals surface area (Å²) in [5, 5.41) is 8.77. The van der Waals surface area contributed by atoms with Crippen molar-refractivity contribution in [1.29, 1.82) is 0 Å². The van der Waals surface area contributed by atoms with Crippen molar-refractivity contribution in [2.24, 2.45) is 10.8 Å². The second-order valence-corrected chi connectivity index (χ2v) is 3.54. The van der Waals surface area contributed by atoms with E-state index in [2.05, 4.69) is 6.58 Å². The Balaban J connectivity index is 2.88. The molecule has 2 heteroatoms. The standard InChI is InChI=1S/C8H12O2/c1-4-8(6(9)10)5-7(8,2)3/h4H,1,5H2,2-3H3,(H,9,10). The molecule has 1 atom stereocenters. The molecule has 2 nitrogen and oxygen atoms in total. The van der Waals surface area contributed by atoms with Crippen LogP contribution in [0.25, 0.3) is 0 Å². The highest BCUT2D eigenvalue weighted by Gasteiger charge is 2.64. The molecule has 1 saturated carbocycles. The van der Waals surface area contributed by atoms with E-state index < -0.39 is 11.4 Å². The zero-order valence-corrected chi connectivity index (χ0v) is 6.35. The molecular formula is C8H12O2. The molecule has 1 unspecified atom stereocenters. The fourth-order valence-electron chi connectivity index (χ4n) is 1.45. The van der Waals surface area contributed by atoms with Crippen LogP contribution in [0.4, 0.5) is 0 Å². The fourth-order valence-corrected chi connectivity index (χ4v) is 1.45. The SMILES string of the molecule is C=CC1(C(=O)O)CC1(C)C. The molecule has 0 bridgehead atoms. The van der Waals surface area contributed by atoms with Crippen LogP contribution in [0.2, 0.25) is 0 Å². The van der Waals surface area contributed by atoms with Gasteiger partial charge in [-0.25, -0.2) is 0 Å². The van der Waals surface area contributed by atoms with E-state index in [0.717, 1.165) is 6.42 Å². The van der Waals surface area contributed by atoms with E-state index in [-0.39, 0.29) is 5.41 Å². The second-order valence-electron chi connectivity index (χ2n) is 3.54. The Morgan fingerprint density at radius 1 is 1.70 bits per heavy atom. The van der Waals surface area contributed by atoms with Gasteiger partial charge in [-0.2, -0.15) is 0 Å². The summed E-state index contributed by atoms with van der Waals surface area (Å²) in [6.45, 7) is 7.43. The number of carbonyl (C=O) groups is 1. The third kappa shape index (κ3) is 0.618. The molecule has 0 saturated heterocycles. The van der Waals surface area contributed by atoms with Crippen molar-refractivity contribution in [2.45, 2.75) is 20.3 Å². The molecule has 10 heavy (non-hydrogen) atoms. The van der Waals surface area contributed by atoms with Crippen LogP contribution in [-0.4, -0.2) is 11.1 Å². The molecule has 0 spiro atoms. The number of rotatable bonds is 2. The molecule has 1 N–H and O–H groups in total. The summed E-state index contributed by atoms with van der Waals surface area (Å²) in [5.41, 5.74) is -0.715.